The first kappa shape index (κ1) is 11.4. The highest BCUT2D eigenvalue weighted by molar-refractivity contribution is 4.87. The van der Waals surface area contributed by atoms with Crippen molar-refractivity contribution < 1.29 is 0 Å². The average molecular weight is 210 g/mol. The summed E-state index contributed by atoms with van der Waals surface area (Å²) >= 11 is 0. The van der Waals surface area contributed by atoms with Gasteiger partial charge < -0.3 is 10.2 Å². The van der Waals surface area contributed by atoms with Crippen molar-refractivity contribution in [2.75, 3.05) is 32.7 Å². The molecule has 2 rings (SSSR count). The zero-order chi connectivity index (χ0) is 10.9. The Hall–Kier alpha value is -0.0800. The molecule has 15 heavy (non-hydrogen) atoms. The van der Waals surface area contributed by atoms with Crippen molar-refractivity contribution in [2.24, 2.45) is 17.3 Å². The molecule has 0 amide bonds. The summed E-state index contributed by atoms with van der Waals surface area (Å²) in [6, 6.07) is 0. The largest absolute Gasteiger partial charge is 0.317 e. The Kier molecular flexibility index (Phi) is 3.36. The second kappa shape index (κ2) is 4.42. The summed E-state index contributed by atoms with van der Waals surface area (Å²) in [7, 11) is 0. The summed E-state index contributed by atoms with van der Waals surface area (Å²) in [6.07, 6.45) is 2.71. The monoisotopic (exact) mass is 210 g/mol. The smallest absolute Gasteiger partial charge is 0.00365 e. The molecule has 2 unspecified atom stereocenters. The molecule has 2 heterocycles. The van der Waals surface area contributed by atoms with E-state index in [2.05, 4.69) is 31.0 Å². The third-order valence-corrected chi connectivity index (χ3v) is 4.48. The van der Waals surface area contributed by atoms with Crippen molar-refractivity contribution in [2.45, 2.75) is 33.6 Å². The maximum Gasteiger partial charge on any atom is 0.00365 e. The van der Waals surface area contributed by atoms with Gasteiger partial charge in [0, 0.05) is 19.6 Å². The normalized spacial score (nSPS) is 37.0. The molecule has 0 bridgehead atoms. The van der Waals surface area contributed by atoms with E-state index in [0.29, 0.717) is 5.41 Å². The fourth-order valence-electron chi connectivity index (χ4n) is 3.11. The topological polar surface area (TPSA) is 15.3 Å². The lowest BCUT2D eigenvalue weighted by Gasteiger charge is -2.37. The van der Waals surface area contributed by atoms with Gasteiger partial charge in [0.15, 0.2) is 0 Å². The zero-order valence-electron chi connectivity index (χ0n) is 10.6. The Morgan fingerprint density at radius 2 is 1.67 bits per heavy atom. The Morgan fingerprint density at radius 1 is 1.13 bits per heavy atom. The molecule has 0 spiro atoms. The summed E-state index contributed by atoms with van der Waals surface area (Å²) in [6.45, 7) is 13.7. The minimum atomic E-state index is 0.578. The van der Waals surface area contributed by atoms with E-state index in [1.54, 1.807) is 0 Å². The first-order valence-corrected chi connectivity index (χ1v) is 6.52. The number of nitrogens with zero attached hydrogens (tertiary/aromatic N) is 1. The lowest BCUT2D eigenvalue weighted by Crippen LogP contribution is -2.42. The number of rotatable bonds is 2. The Balaban J connectivity index is 1.86. The molecule has 0 aromatic heterocycles. The van der Waals surface area contributed by atoms with Crippen molar-refractivity contribution in [1.29, 1.82) is 0 Å². The average Bonchev–Trinajstić information content (AvgIpc) is 2.46. The van der Waals surface area contributed by atoms with Gasteiger partial charge in [0.2, 0.25) is 0 Å². The number of nitrogens with one attached hydrogen (secondary N) is 1. The summed E-state index contributed by atoms with van der Waals surface area (Å²) in [5.41, 5.74) is 0.578. The Morgan fingerprint density at radius 3 is 2.20 bits per heavy atom. The van der Waals surface area contributed by atoms with Crippen molar-refractivity contribution in [1.82, 2.24) is 10.2 Å². The van der Waals surface area contributed by atoms with Gasteiger partial charge >= 0.3 is 0 Å². The number of hydrogen-bond acceptors (Lipinski definition) is 2. The van der Waals surface area contributed by atoms with Gasteiger partial charge in [-0.05, 0) is 43.2 Å². The molecular formula is C13H26N2. The number of piperidine rings is 1. The fraction of sp³-hybridized carbons (Fsp3) is 1.00. The molecule has 2 nitrogen and oxygen atoms in total. The highest BCUT2D eigenvalue weighted by Gasteiger charge is 2.33. The predicted molar refractivity (Wildman–Crippen MR) is 65.0 cm³/mol. The second-order valence-corrected chi connectivity index (χ2v) is 6.21. The highest BCUT2D eigenvalue weighted by Crippen LogP contribution is 2.32. The standard InChI is InChI=1S/C13H26N2/c1-11-8-15(9-12(11)2)10-13(3)4-6-14-7-5-13/h11-12,14H,4-10H2,1-3H3. The van der Waals surface area contributed by atoms with Crippen LogP contribution in [0.4, 0.5) is 0 Å². The van der Waals surface area contributed by atoms with E-state index in [1.165, 1.54) is 45.6 Å². The van der Waals surface area contributed by atoms with E-state index in [0.717, 1.165) is 11.8 Å². The van der Waals surface area contributed by atoms with Crippen LogP contribution in [0.3, 0.4) is 0 Å². The quantitative estimate of drug-likeness (QED) is 0.749. The molecular weight excluding hydrogens is 184 g/mol. The summed E-state index contributed by atoms with van der Waals surface area (Å²) in [5, 5.41) is 3.46. The molecule has 0 aromatic rings. The lowest BCUT2D eigenvalue weighted by molar-refractivity contribution is 0.143. The van der Waals surface area contributed by atoms with Crippen LogP contribution in [-0.4, -0.2) is 37.6 Å². The Bertz CT molecular complexity index is 199. The van der Waals surface area contributed by atoms with Crippen LogP contribution < -0.4 is 5.32 Å². The van der Waals surface area contributed by atoms with Gasteiger partial charge in [-0.15, -0.1) is 0 Å². The summed E-state index contributed by atoms with van der Waals surface area (Å²) in [4.78, 5) is 2.70. The van der Waals surface area contributed by atoms with Gasteiger partial charge in [-0.2, -0.15) is 0 Å². The summed E-state index contributed by atoms with van der Waals surface area (Å²) in [5.74, 6) is 1.80. The van der Waals surface area contributed by atoms with E-state index in [-0.39, 0.29) is 0 Å². The van der Waals surface area contributed by atoms with Crippen LogP contribution in [0.5, 0.6) is 0 Å². The van der Waals surface area contributed by atoms with Crippen LogP contribution in [0.25, 0.3) is 0 Å². The minimum Gasteiger partial charge on any atom is -0.317 e. The van der Waals surface area contributed by atoms with E-state index < -0.39 is 0 Å². The van der Waals surface area contributed by atoms with Crippen LogP contribution >= 0.6 is 0 Å². The van der Waals surface area contributed by atoms with Gasteiger partial charge in [0.05, 0.1) is 0 Å². The lowest BCUT2D eigenvalue weighted by atomic mass is 9.80. The molecule has 2 fully saturated rings. The van der Waals surface area contributed by atoms with E-state index in [4.69, 9.17) is 0 Å². The molecule has 2 aliphatic rings. The SMILES string of the molecule is CC1CN(CC2(C)CCNCC2)CC1C. The minimum absolute atomic E-state index is 0.578. The molecule has 0 radical (unpaired) electrons. The van der Waals surface area contributed by atoms with E-state index in [1.807, 2.05) is 0 Å². The first-order valence-electron chi connectivity index (χ1n) is 6.52. The van der Waals surface area contributed by atoms with Crippen LogP contribution in [0.2, 0.25) is 0 Å². The molecule has 2 aliphatic heterocycles. The zero-order valence-corrected chi connectivity index (χ0v) is 10.6. The van der Waals surface area contributed by atoms with Crippen LogP contribution in [-0.2, 0) is 0 Å². The molecule has 0 saturated carbocycles. The van der Waals surface area contributed by atoms with Gasteiger partial charge in [-0.3, -0.25) is 0 Å². The van der Waals surface area contributed by atoms with E-state index in [9.17, 15) is 0 Å². The van der Waals surface area contributed by atoms with Crippen molar-refractivity contribution in [3.63, 3.8) is 0 Å². The van der Waals surface area contributed by atoms with Crippen LogP contribution in [0.15, 0.2) is 0 Å². The van der Waals surface area contributed by atoms with Crippen molar-refractivity contribution in [3.05, 3.63) is 0 Å². The summed E-state index contributed by atoms with van der Waals surface area (Å²) < 4.78 is 0. The Labute approximate surface area is 94.4 Å². The van der Waals surface area contributed by atoms with Gasteiger partial charge in [-0.25, -0.2) is 0 Å². The van der Waals surface area contributed by atoms with Crippen LogP contribution in [0.1, 0.15) is 33.6 Å². The molecule has 88 valence electrons. The van der Waals surface area contributed by atoms with Gasteiger partial charge in [0.1, 0.15) is 0 Å². The molecule has 0 aliphatic carbocycles. The number of likely N-dealkylation sites (tertiary alicyclic amines) is 1. The third kappa shape index (κ3) is 2.73. The van der Waals surface area contributed by atoms with Crippen molar-refractivity contribution in [3.8, 4) is 0 Å². The molecule has 0 aromatic carbocycles. The predicted octanol–water partition coefficient (Wildman–Crippen LogP) is 1.96. The van der Waals surface area contributed by atoms with E-state index >= 15 is 0 Å². The fourth-order valence-corrected chi connectivity index (χ4v) is 3.11. The maximum absolute atomic E-state index is 3.46. The van der Waals surface area contributed by atoms with Gasteiger partial charge in [-0.1, -0.05) is 20.8 Å². The third-order valence-electron chi connectivity index (χ3n) is 4.48. The number of hydrogen-bond donors (Lipinski definition) is 1. The molecule has 2 saturated heterocycles. The second-order valence-electron chi connectivity index (χ2n) is 6.21. The molecule has 2 heteroatoms. The maximum atomic E-state index is 3.46. The van der Waals surface area contributed by atoms with Crippen molar-refractivity contribution >= 4 is 0 Å². The van der Waals surface area contributed by atoms with Crippen LogP contribution in [0, 0.1) is 17.3 Å². The highest BCUT2D eigenvalue weighted by atomic mass is 15.2. The first-order chi connectivity index (χ1) is 7.09. The molecule has 1 N–H and O–H groups in total. The van der Waals surface area contributed by atoms with Gasteiger partial charge in [0.25, 0.3) is 0 Å². The molecule has 2 atom stereocenters.